The van der Waals surface area contributed by atoms with Crippen LogP contribution in [0.1, 0.15) is 37.7 Å². The second-order valence-electron chi connectivity index (χ2n) is 6.39. The van der Waals surface area contributed by atoms with Gasteiger partial charge >= 0.3 is 5.97 Å². The summed E-state index contributed by atoms with van der Waals surface area (Å²) in [5, 5.41) is 0. The second-order valence-corrected chi connectivity index (χ2v) is 8.98. The largest absolute Gasteiger partial charge is 0.481 e. The number of benzene rings is 1. The van der Waals surface area contributed by atoms with Gasteiger partial charge in [0.1, 0.15) is 10.1 Å². The van der Waals surface area contributed by atoms with Crippen LogP contribution in [0.15, 0.2) is 27.6 Å². The number of thiocarbonyl (C=S) groups is 1. The van der Waals surface area contributed by atoms with E-state index in [2.05, 4.69) is 20.7 Å². The van der Waals surface area contributed by atoms with E-state index < -0.39 is 5.97 Å². The molecule has 0 spiro atoms. The van der Waals surface area contributed by atoms with Crippen LogP contribution in [0.2, 0.25) is 0 Å². The van der Waals surface area contributed by atoms with E-state index in [9.17, 15) is 9.59 Å². The number of methoxy groups -OCH3 is 1. The maximum absolute atomic E-state index is 13.0. The van der Waals surface area contributed by atoms with Crippen LogP contribution >= 0.6 is 39.9 Å². The maximum Gasteiger partial charge on any atom is 0.343 e. The summed E-state index contributed by atoms with van der Waals surface area (Å²) in [4.78, 5) is 26.7. The van der Waals surface area contributed by atoms with Crippen molar-refractivity contribution in [2.24, 2.45) is 0 Å². The number of carbonyl (C=O) groups is 2. The van der Waals surface area contributed by atoms with Crippen LogP contribution in [-0.2, 0) is 14.3 Å². The molecule has 1 aliphatic carbocycles. The highest BCUT2D eigenvalue weighted by Gasteiger charge is 2.37. The van der Waals surface area contributed by atoms with Crippen LogP contribution in [-0.4, -0.2) is 40.9 Å². The summed E-state index contributed by atoms with van der Waals surface area (Å²) in [6.45, 7) is -0.192. The van der Waals surface area contributed by atoms with E-state index in [1.54, 1.807) is 17.0 Å². The Labute approximate surface area is 176 Å². The lowest BCUT2D eigenvalue weighted by atomic mass is 9.94. The van der Waals surface area contributed by atoms with Crippen LogP contribution < -0.4 is 4.74 Å². The van der Waals surface area contributed by atoms with Crippen molar-refractivity contribution in [1.82, 2.24) is 4.90 Å². The molecule has 1 heterocycles. The van der Waals surface area contributed by atoms with Crippen LogP contribution in [0.3, 0.4) is 0 Å². The number of halogens is 1. The van der Waals surface area contributed by atoms with Crippen molar-refractivity contribution >= 4 is 62.2 Å². The van der Waals surface area contributed by atoms with Crippen molar-refractivity contribution in [3.63, 3.8) is 0 Å². The summed E-state index contributed by atoms with van der Waals surface area (Å²) in [7, 11) is 1.31. The Morgan fingerprint density at radius 3 is 2.81 bits per heavy atom. The third-order valence-electron chi connectivity index (χ3n) is 4.60. The first-order valence-electron chi connectivity index (χ1n) is 8.76. The molecule has 3 rings (SSSR count). The first kappa shape index (κ1) is 20.4. The molecule has 0 atom stereocenters. The van der Waals surface area contributed by atoms with Crippen molar-refractivity contribution in [3.05, 3.63) is 33.1 Å². The van der Waals surface area contributed by atoms with Gasteiger partial charge in [-0.05, 0) is 37.1 Å². The molecule has 144 valence electrons. The zero-order valence-electron chi connectivity index (χ0n) is 14.9. The first-order valence-corrected chi connectivity index (χ1v) is 10.8. The van der Waals surface area contributed by atoms with Crippen molar-refractivity contribution in [2.45, 2.75) is 38.1 Å². The Hall–Kier alpha value is -1.38. The predicted molar refractivity (Wildman–Crippen MR) is 114 cm³/mol. The lowest BCUT2D eigenvalue weighted by molar-refractivity contribution is -0.142. The number of hydrogen-bond acceptors (Lipinski definition) is 6. The smallest absolute Gasteiger partial charge is 0.343 e. The molecular formula is C19H20BrNO4S2. The molecule has 1 saturated heterocycles. The number of carbonyl (C=O) groups excluding carboxylic acids is 2. The molecule has 0 aromatic heterocycles. The molecule has 1 aliphatic heterocycles. The lowest BCUT2D eigenvalue weighted by Gasteiger charge is -2.29. The van der Waals surface area contributed by atoms with Crippen LogP contribution in [0, 0.1) is 0 Å². The molecule has 0 radical (unpaired) electrons. The summed E-state index contributed by atoms with van der Waals surface area (Å²) in [5.41, 5.74) is 0.706. The monoisotopic (exact) mass is 469 g/mol. The van der Waals surface area contributed by atoms with E-state index in [0.29, 0.717) is 20.5 Å². The Kier molecular flexibility index (Phi) is 6.94. The van der Waals surface area contributed by atoms with Crippen molar-refractivity contribution in [1.29, 1.82) is 0 Å². The lowest BCUT2D eigenvalue weighted by Crippen LogP contribution is -2.39. The zero-order valence-corrected chi connectivity index (χ0v) is 18.1. The summed E-state index contributed by atoms with van der Waals surface area (Å²) in [6, 6.07) is 5.62. The van der Waals surface area contributed by atoms with E-state index in [1.165, 1.54) is 25.3 Å². The Morgan fingerprint density at radius 2 is 2.11 bits per heavy atom. The molecule has 5 nitrogen and oxygen atoms in total. The number of esters is 1. The van der Waals surface area contributed by atoms with Gasteiger partial charge in [-0.1, -0.05) is 59.2 Å². The minimum atomic E-state index is -0.465. The zero-order chi connectivity index (χ0) is 19.4. The highest BCUT2D eigenvalue weighted by atomic mass is 79.9. The third-order valence-corrected chi connectivity index (χ3v) is 6.42. The van der Waals surface area contributed by atoms with Crippen LogP contribution in [0.25, 0.3) is 6.08 Å². The van der Waals surface area contributed by atoms with E-state index in [-0.39, 0.29) is 18.6 Å². The number of ether oxygens (including phenoxy) is 2. The predicted octanol–water partition coefficient (Wildman–Crippen LogP) is 4.53. The van der Waals surface area contributed by atoms with E-state index in [1.807, 2.05) is 12.1 Å². The van der Waals surface area contributed by atoms with Gasteiger partial charge in [-0.25, -0.2) is 4.79 Å². The first-order chi connectivity index (χ1) is 13.0. The second kappa shape index (κ2) is 9.21. The highest BCUT2D eigenvalue weighted by Crippen LogP contribution is 2.38. The van der Waals surface area contributed by atoms with Gasteiger partial charge < -0.3 is 9.47 Å². The number of hydrogen-bond donors (Lipinski definition) is 0. The van der Waals surface area contributed by atoms with E-state index in [0.717, 1.165) is 30.2 Å². The van der Waals surface area contributed by atoms with Gasteiger partial charge in [0.05, 0.1) is 12.0 Å². The summed E-state index contributed by atoms with van der Waals surface area (Å²) in [5.74, 6) is -0.00480. The molecule has 8 heteroatoms. The van der Waals surface area contributed by atoms with Gasteiger partial charge in [0.2, 0.25) is 0 Å². The molecule has 27 heavy (non-hydrogen) atoms. The quantitative estimate of drug-likeness (QED) is 0.358. The van der Waals surface area contributed by atoms with E-state index >= 15 is 0 Å². The van der Waals surface area contributed by atoms with Gasteiger partial charge in [0.15, 0.2) is 6.61 Å². The van der Waals surface area contributed by atoms with Crippen molar-refractivity contribution in [3.8, 4) is 5.75 Å². The molecule has 2 aliphatic rings. The fourth-order valence-corrected chi connectivity index (χ4v) is 5.00. The molecule has 2 fully saturated rings. The van der Waals surface area contributed by atoms with E-state index in [4.69, 9.17) is 17.0 Å². The van der Waals surface area contributed by atoms with Crippen LogP contribution in [0.4, 0.5) is 0 Å². The number of rotatable bonds is 5. The maximum atomic E-state index is 13.0. The average molecular weight is 470 g/mol. The molecular weight excluding hydrogens is 450 g/mol. The van der Waals surface area contributed by atoms with Crippen molar-refractivity contribution < 1.29 is 19.1 Å². The highest BCUT2D eigenvalue weighted by molar-refractivity contribution is 9.10. The van der Waals surface area contributed by atoms with Gasteiger partial charge in [-0.15, -0.1) is 0 Å². The minimum absolute atomic E-state index is 0.0456. The third kappa shape index (κ3) is 4.92. The summed E-state index contributed by atoms with van der Waals surface area (Å²) in [6.07, 6.45) is 7.28. The SMILES string of the molecule is COC(=O)COc1ccc(Br)cc1/C=C1\SC(=S)N(C2CCCCC2)C1=O. The molecule has 1 aromatic carbocycles. The fraction of sp³-hybridized carbons (Fsp3) is 0.421. The summed E-state index contributed by atoms with van der Waals surface area (Å²) >= 11 is 10.2. The Morgan fingerprint density at radius 1 is 1.37 bits per heavy atom. The normalized spacial score (nSPS) is 19.6. The summed E-state index contributed by atoms with van der Waals surface area (Å²) < 4.78 is 11.6. The topological polar surface area (TPSA) is 55.8 Å². The Bertz CT molecular complexity index is 790. The van der Waals surface area contributed by atoms with Gasteiger partial charge in [-0.3, -0.25) is 9.69 Å². The molecule has 1 saturated carbocycles. The van der Waals surface area contributed by atoms with Gasteiger partial charge in [0, 0.05) is 16.1 Å². The van der Waals surface area contributed by atoms with Crippen molar-refractivity contribution in [2.75, 3.05) is 13.7 Å². The fourth-order valence-electron chi connectivity index (χ4n) is 3.23. The number of amides is 1. The molecule has 1 aromatic rings. The standard InChI is InChI=1S/C19H20BrNO4S2/c1-24-17(22)11-25-15-8-7-13(20)9-12(15)10-16-18(23)21(19(26)27-16)14-5-3-2-4-6-14/h7-10,14H,2-6,11H2,1H3/b16-10-. The van der Waals surface area contributed by atoms with Crippen LogP contribution in [0.5, 0.6) is 5.75 Å². The average Bonchev–Trinajstić information content (AvgIpc) is 2.94. The number of nitrogens with zero attached hydrogens (tertiary/aromatic N) is 1. The number of thioether (sulfide) groups is 1. The van der Waals surface area contributed by atoms with Gasteiger partial charge in [-0.2, -0.15) is 0 Å². The molecule has 0 unspecified atom stereocenters. The minimum Gasteiger partial charge on any atom is -0.481 e. The molecule has 0 N–H and O–H groups in total. The molecule has 0 bridgehead atoms. The molecule has 1 amide bonds. The Balaban J connectivity index is 1.83. The van der Waals surface area contributed by atoms with Gasteiger partial charge in [0.25, 0.3) is 5.91 Å².